The van der Waals surface area contributed by atoms with Crippen LogP contribution in [0.5, 0.6) is 5.75 Å². The van der Waals surface area contributed by atoms with Crippen molar-refractivity contribution in [2.24, 2.45) is 0 Å². The molecule has 0 N–H and O–H groups in total. The predicted molar refractivity (Wildman–Crippen MR) is 99.2 cm³/mol. The van der Waals surface area contributed by atoms with Crippen molar-refractivity contribution in [3.8, 4) is 5.75 Å². The van der Waals surface area contributed by atoms with Crippen LogP contribution in [0.3, 0.4) is 0 Å². The van der Waals surface area contributed by atoms with Crippen molar-refractivity contribution in [3.63, 3.8) is 0 Å². The first kappa shape index (κ1) is 21.7. The van der Waals surface area contributed by atoms with Crippen LogP contribution in [0.15, 0.2) is 36.9 Å². The fraction of sp³-hybridized carbons (Fsp3) is 0.444. The van der Waals surface area contributed by atoms with Crippen molar-refractivity contribution >= 4 is 22.2 Å². The maximum Gasteiger partial charge on any atom is 0.410 e. The number of benzene rings is 1. The zero-order valence-electron chi connectivity index (χ0n) is 15.7. The molecule has 0 radical (unpaired) electrons. The van der Waals surface area contributed by atoms with Gasteiger partial charge < -0.3 is 14.2 Å². The van der Waals surface area contributed by atoms with Gasteiger partial charge in [0.05, 0.1) is 26.0 Å². The minimum atomic E-state index is -3.74. The summed E-state index contributed by atoms with van der Waals surface area (Å²) in [5.41, 5.74) is 0.733. The van der Waals surface area contributed by atoms with E-state index in [1.54, 1.807) is 31.4 Å². The van der Waals surface area contributed by atoms with E-state index in [1.165, 1.54) is 6.08 Å². The molecule has 9 nitrogen and oxygen atoms in total. The molecule has 0 bridgehead atoms. The van der Waals surface area contributed by atoms with Gasteiger partial charge in [0, 0.05) is 6.42 Å². The Morgan fingerprint density at radius 2 is 1.93 bits per heavy atom. The van der Waals surface area contributed by atoms with Crippen LogP contribution < -0.4 is 4.74 Å². The number of amides is 1. The molecule has 0 unspecified atom stereocenters. The van der Waals surface area contributed by atoms with Gasteiger partial charge in [0.2, 0.25) is 0 Å². The second-order valence-electron chi connectivity index (χ2n) is 6.15. The molecule has 1 aliphatic heterocycles. The van der Waals surface area contributed by atoms with Gasteiger partial charge in [-0.3, -0.25) is 9.08 Å². The number of carbonyl (C=O) groups excluding carboxylic acids is 2. The van der Waals surface area contributed by atoms with Crippen molar-refractivity contribution in [1.82, 2.24) is 4.90 Å². The highest BCUT2D eigenvalue weighted by molar-refractivity contribution is 7.86. The van der Waals surface area contributed by atoms with Gasteiger partial charge >= 0.3 is 12.1 Å². The first-order valence-corrected chi connectivity index (χ1v) is 10.3. The predicted octanol–water partition coefficient (Wildman–Crippen LogP) is 1.48. The van der Waals surface area contributed by atoms with Crippen molar-refractivity contribution < 1.29 is 36.4 Å². The molecule has 1 saturated heterocycles. The minimum absolute atomic E-state index is 0.00747. The van der Waals surface area contributed by atoms with E-state index in [4.69, 9.17) is 18.4 Å². The standard InChI is InChI=1S/C18H23NO8S/c1-4-9-25-18(21)19-11-15(27-28(3,22)23)10-16(19)17(20)26-12-13-5-7-14(24-2)8-6-13/h4-8,15-16H,1,9-12H2,2-3H3/t15-,16-/m0/s1. The number of esters is 1. The molecule has 0 aliphatic carbocycles. The Labute approximate surface area is 163 Å². The van der Waals surface area contributed by atoms with Crippen LogP contribution in [0.2, 0.25) is 0 Å². The largest absolute Gasteiger partial charge is 0.497 e. The van der Waals surface area contributed by atoms with E-state index < -0.39 is 34.3 Å². The molecule has 0 aromatic heterocycles. The van der Waals surface area contributed by atoms with E-state index in [-0.39, 0.29) is 26.2 Å². The summed E-state index contributed by atoms with van der Waals surface area (Å²) in [6, 6.07) is 5.93. The van der Waals surface area contributed by atoms with Crippen molar-refractivity contribution in [3.05, 3.63) is 42.5 Å². The highest BCUT2D eigenvalue weighted by Crippen LogP contribution is 2.24. The molecule has 154 valence electrons. The van der Waals surface area contributed by atoms with Gasteiger partial charge in [-0.1, -0.05) is 24.8 Å². The average Bonchev–Trinajstić information content (AvgIpc) is 3.06. The molecular formula is C18H23NO8S. The Bertz CT molecular complexity index is 805. The van der Waals surface area contributed by atoms with Crippen LogP contribution in [-0.2, 0) is 35.2 Å². The first-order chi connectivity index (χ1) is 13.2. The molecule has 1 aliphatic rings. The van der Waals surface area contributed by atoms with Gasteiger partial charge in [0.15, 0.2) is 0 Å². The quantitative estimate of drug-likeness (QED) is 0.358. The van der Waals surface area contributed by atoms with Gasteiger partial charge in [0.1, 0.15) is 25.0 Å². The van der Waals surface area contributed by atoms with E-state index in [0.717, 1.165) is 16.7 Å². The van der Waals surface area contributed by atoms with Gasteiger partial charge in [0.25, 0.3) is 10.1 Å². The maximum atomic E-state index is 12.5. The molecule has 1 heterocycles. The lowest BCUT2D eigenvalue weighted by atomic mass is 10.2. The highest BCUT2D eigenvalue weighted by Gasteiger charge is 2.43. The van der Waals surface area contributed by atoms with Gasteiger partial charge in [-0.05, 0) is 17.7 Å². The lowest BCUT2D eigenvalue weighted by molar-refractivity contribution is -0.149. The third-order valence-electron chi connectivity index (χ3n) is 3.94. The fourth-order valence-corrected chi connectivity index (χ4v) is 3.36. The highest BCUT2D eigenvalue weighted by atomic mass is 32.2. The van der Waals surface area contributed by atoms with Crippen molar-refractivity contribution in [2.75, 3.05) is 26.5 Å². The summed E-state index contributed by atoms with van der Waals surface area (Å²) in [5, 5.41) is 0. The Morgan fingerprint density at radius 3 is 2.50 bits per heavy atom. The van der Waals surface area contributed by atoms with Crippen LogP contribution in [0.25, 0.3) is 0 Å². The summed E-state index contributed by atoms with van der Waals surface area (Å²) in [6.07, 6.45) is 0.645. The van der Waals surface area contributed by atoms with Gasteiger partial charge in [-0.2, -0.15) is 8.42 Å². The molecule has 10 heteroatoms. The maximum absolute atomic E-state index is 12.5. The van der Waals surface area contributed by atoms with E-state index in [1.807, 2.05) is 0 Å². The number of likely N-dealkylation sites (tertiary alicyclic amines) is 1. The number of methoxy groups -OCH3 is 1. The van der Waals surface area contributed by atoms with E-state index in [2.05, 4.69) is 6.58 Å². The lowest BCUT2D eigenvalue weighted by Gasteiger charge is -2.22. The summed E-state index contributed by atoms with van der Waals surface area (Å²) in [7, 11) is -2.20. The molecule has 0 saturated carbocycles. The number of nitrogens with zero attached hydrogens (tertiary/aromatic N) is 1. The Balaban J connectivity index is 2.04. The first-order valence-electron chi connectivity index (χ1n) is 8.45. The van der Waals surface area contributed by atoms with Crippen LogP contribution >= 0.6 is 0 Å². The Hall–Kier alpha value is -2.59. The molecule has 1 aromatic carbocycles. The Kier molecular flexibility index (Phi) is 7.41. The molecule has 2 atom stereocenters. The zero-order chi connectivity index (χ0) is 20.7. The van der Waals surface area contributed by atoms with Crippen LogP contribution in [0, 0.1) is 0 Å². The molecule has 0 spiro atoms. The monoisotopic (exact) mass is 413 g/mol. The van der Waals surface area contributed by atoms with Gasteiger partial charge in [-0.15, -0.1) is 0 Å². The summed E-state index contributed by atoms with van der Waals surface area (Å²) in [5.74, 6) is -0.00579. The summed E-state index contributed by atoms with van der Waals surface area (Å²) in [4.78, 5) is 25.8. The minimum Gasteiger partial charge on any atom is -0.497 e. The molecular weight excluding hydrogens is 390 g/mol. The van der Waals surface area contributed by atoms with Crippen LogP contribution in [0.4, 0.5) is 4.79 Å². The smallest absolute Gasteiger partial charge is 0.410 e. The number of ether oxygens (including phenoxy) is 3. The third kappa shape index (κ3) is 6.24. The summed E-state index contributed by atoms with van der Waals surface area (Å²) >= 11 is 0. The molecule has 1 aromatic rings. The summed E-state index contributed by atoms with van der Waals surface area (Å²) in [6.45, 7) is 3.30. The van der Waals surface area contributed by atoms with Gasteiger partial charge in [-0.25, -0.2) is 9.59 Å². The normalized spacial score (nSPS) is 19.1. The summed E-state index contributed by atoms with van der Waals surface area (Å²) < 4.78 is 43.0. The van der Waals surface area contributed by atoms with Crippen LogP contribution in [-0.4, -0.2) is 64.0 Å². The topological polar surface area (TPSA) is 108 Å². The van der Waals surface area contributed by atoms with E-state index in [0.29, 0.717) is 5.75 Å². The number of carbonyl (C=O) groups is 2. The number of hydrogen-bond acceptors (Lipinski definition) is 8. The zero-order valence-corrected chi connectivity index (χ0v) is 16.5. The second-order valence-corrected chi connectivity index (χ2v) is 7.75. The second kappa shape index (κ2) is 9.56. The number of hydrogen-bond donors (Lipinski definition) is 0. The third-order valence-corrected chi connectivity index (χ3v) is 4.57. The fourth-order valence-electron chi connectivity index (χ4n) is 2.73. The molecule has 1 fully saturated rings. The Morgan fingerprint density at radius 1 is 1.25 bits per heavy atom. The van der Waals surface area contributed by atoms with E-state index >= 15 is 0 Å². The average molecular weight is 413 g/mol. The SMILES string of the molecule is C=CCOC(=O)N1C[C@@H](OS(C)(=O)=O)C[C@H]1C(=O)OCc1ccc(OC)cc1. The van der Waals surface area contributed by atoms with Crippen molar-refractivity contribution in [1.29, 1.82) is 0 Å². The molecule has 1 amide bonds. The molecule has 28 heavy (non-hydrogen) atoms. The van der Waals surface area contributed by atoms with Crippen LogP contribution in [0.1, 0.15) is 12.0 Å². The molecule has 2 rings (SSSR count). The number of rotatable bonds is 8. The van der Waals surface area contributed by atoms with E-state index in [9.17, 15) is 18.0 Å². The lowest BCUT2D eigenvalue weighted by Crippen LogP contribution is -2.41. The van der Waals surface area contributed by atoms with Crippen molar-refractivity contribution in [2.45, 2.75) is 25.2 Å².